The number of nitrogens with zero attached hydrogens (tertiary/aromatic N) is 2. The molecule has 164 valence electrons. The molecule has 1 aliphatic heterocycles. The zero-order valence-corrected chi connectivity index (χ0v) is 17.7. The van der Waals surface area contributed by atoms with E-state index in [4.69, 9.17) is 9.15 Å². The van der Waals surface area contributed by atoms with Crippen LogP contribution in [0.2, 0.25) is 0 Å². The van der Waals surface area contributed by atoms with Crippen LogP contribution in [0.15, 0.2) is 82.7 Å². The summed E-state index contributed by atoms with van der Waals surface area (Å²) in [5, 5.41) is 0.0801. The number of benzene rings is 2. The lowest BCUT2D eigenvalue weighted by Crippen LogP contribution is -2.30. The van der Waals surface area contributed by atoms with Gasteiger partial charge in [0.1, 0.15) is 29.6 Å². The van der Waals surface area contributed by atoms with E-state index in [2.05, 4.69) is 11.6 Å². The second-order valence-electron chi connectivity index (χ2n) is 7.75. The van der Waals surface area contributed by atoms with Gasteiger partial charge in [0, 0.05) is 6.20 Å². The molecule has 0 bridgehead atoms. The molecule has 0 saturated carbocycles. The van der Waals surface area contributed by atoms with Crippen molar-refractivity contribution < 1.29 is 18.3 Å². The number of amides is 1. The normalized spacial score (nSPS) is 15.0. The minimum atomic E-state index is -0.792. The van der Waals surface area contributed by atoms with E-state index in [1.165, 1.54) is 17.0 Å². The van der Waals surface area contributed by atoms with E-state index in [-0.39, 0.29) is 22.3 Å². The Morgan fingerprint density at radius 2 is 1.94 bits per heavy atom. The molecule has 33 heavy (non-hydrogen) atoms. The van der Waals surface area contributed by atoms with E-state index in [1.807, 2.05) is 13.0 Å². The first-order chi connectivity index (χ1) is 16.0. The van der Waals surface area contributed by atoms with Crippen molar-refractivity contribution in [1.29, 1.82) is 0 Å². The van der Waals surface area contributed by atoms with Gasteiger partial charge in [-0.05, 0) is 60.5 Å². The molecular formula is C26H19FN2O4. The van der Waals surface area contributed by atoms with E-state index < -0.39 is 23.2 Å². The van der Waals surface area contributed by atoms with Crippen LogP contribution in [0.3, 0.4) is 0 Å². The molecule has 7 heteroatoms. The number of hydrogen-bond acceptors (Lipinski definition) is 5. The van der Waals surface area contributed by atoms with Crippen molar-refractivity contribution >= 4 is 22.7 Å². The Bertz CT molecular complexity index is 1460. The second-order valence-corrected chi connectivity index (χ2v) is 7.75. The molecule has 1 aliphatic rings. The number of fused-ring (bicyclic) bond motifs is 2. The lowest BCUT2D eigenvalue weighted by Gasteiger charge is -2.24. The molecule has 0 fully saturated rings. The van der Waals surface area contributed by atoms with Crippen molar-refractivity contribution in [1.82, 2.24) is 4.98 Å². The van der Waals surface area contributed by atoms with E-state index in [0.717, 1.165) is 11.6 Å². The van der Waals surface area contributed by atoms with Gasteiger partial charge >= 0.3 is 0 Å². The molecular weight excluding hydrogens is 423 g/mol. The van der Waals surface area contributed by atoms with Crippen molar-refractivity contribution in [2.75, 3.05) is 11.5 Å². The van der Waals surface area contributed by atoms with Crippen molar-refractivity contribution in [2.24, 2.45) is 0 Å². The summed E-state index contributed by atoms with van der Waals surface area (Å²) in [6.45, 7) is 5.87. The smallest absolute Gasteiger partial charge is 0.296 e. The third-order valence-corrected chi connectivity index (χ3v) is 5.54. The topological polar surface area (TPSA) is 72.6 Å². The van der Waals surface area contributed by atoms with Crippen LogP contribution < -0.4 is 15.1 Å². The van der Waals surface area contributed by atoms with Gasteiger partial charge in [-0.25, -0.2) is 9.37 Å². The molecule has 4 aromatic rings. The molecule has 0 aliphatic carbocycles. The maximum atomic E-state index is 13.9. The van der Waals surface area contributed by atoms with Crippen molar-refractivity contribution in [2.45, 2.75) is 13.0 Å². The van der Waals surface area contributed by atoms with Gasteiger partial charge in [-0.2, -0.15) is 0 Å². The summed E-state index contributed by atoms with van der Waals surface area (Å²) < 4.78 is 25.3. The fourth-order valence-corrected chi connectivity index (χ4v) is 4.05. The molecule has 2 aromatic carbocycles. The average Bonchev–Trinajstić information content (AvgIpc) is 3.11. The number of carbonyl (C=O) groups is 1. The molecule has 2 aromatic heterocycles. The molecule has 1 atom stereocenters. The van der Waals surface area contributed by atoms with Crippen LogP contribution >= 0.6 is 0 Å². The first-order valence-electron chi connectivity index (χ1n) is 10.3. The van der Waals surface area contributed by atoms with Crippen LogP contribution in [0.5, 0.6) is 5.75 Å². The van der Waals surface area contributed by atoms with Crippen molar-refractivity contribution in [3.05, 3.63) is 112 Å². The predicted octanol–water partition coefficient (Wildman–Crippen LogP) is 4.95. The van der Waals surface area contributed by atoms with Gasteiger partial charge in [0.25, 0.3) is 5.91 Å². The largest absolute Gasteiger partial charge is 0.490 e. The lowest BCUT2D eigenvalue weighted by molar-refractivity contribution is 0.0970. The molecule has 0 spiro atoms. The number of halogens is 1. The van der Waals surface area contributed by atoms with Gasteiger partial charge in [0.15, 0.2) is 5.43 Å². The molecule has 3 heterocycles. The number of aryl methyl sites for hydroxylation is 1. The number of carbonyl (C=O) groups excluding carboxylic acids is 1. The van der Waals surface area contributed by atoms with Gasteiger partial charge in [-0.15, -0.1) is 0 Å². The fraction of sp³-hybridized carbons (Fsp3) is 0.115. The number of anilines is 1. The molecule has 0 unspecified atom stereocenters. The summed E-state index contributed by atoms with van der Waals surface area (Å²) in [6, 6.07) is 13.5. The Labute approximate surface area is 188 Å². The highest BCUT2D eigenvalue weighted by Crippen LogP contribution is 2.41. The van der Waals surface area contributed by atoms with Crippen LogP contribution in [0.4, 0.5) is 10.2 Å². The number of pyridine rings is 1. The number of aromatic nitrogens is 1. The lowest BCUT2D eigenvalue weighted by atomic mass is 9.98. The second kappa shape index (κ2) is 8.02. The minimum absolute atomic E-state index is 0.0700. The van der Waals surface area contributed by atoms with Gasteiger partial charge in [-0.1, -0.05) is 24.8 Å². The Morgan fingerprint density at radius 3 is 2.67 bits per heavy atom. The summed E-state index contributed by atoms with van der Waals surface area (Å²) in [7, 11) is 0. The van der Waals surface area contributed by atoms with Crippen LogP contribution in [-0.4, -0.2) is 17.5 Å². The zero-order valence-electron chi connectivity index (χ0n) is 17.7. The molecule has 0 radical (unpaired) electrons. The monoisotopic (exact) mass is 442 g/mol. The number of ether oxygens (including phenoxy) is 1. The van der Waals surface area contributed by atoms with E-state index in [1.54, 1.807) is 42.6 Å². The average molecular weight is 442 g/mol. The molecule has 5 rings (SSSR count). The highest BCUT2D eigenvalue weighted by Gasteiger charge is 2.44. The third kappa shape index (κ3) is 3.47. The van der Waals surface area contributed by atoms with Crippen LogP contribution in [0.25, 0.3) is 11.0 Å². The standard InChI is InChI=1S/C26H19FN2O4/c1-3-12-32-18-7-4-16(5-8-18)23-22-24(30)19-14-17(27)6-9-20(19)33-25(22)26(31)29(23)21-13-15(2)10-11-28-21/h3-11,13-14,23H,1,12H2,2H3/t23-/m1/s1. The SMILES string of the molecule is C=CCOc1ccc([C@@H]2c3c(oc4ccc(F)cc4c3=O)C(=O)N2c2cc(C)ccn2)cc1. The molecule has 0 N–H and O–H groups in total. The minimum Gasteiger partial charge on any atom is -0.490 e. The highest BCUT2D eigenvalue weighted by atomic mass is 19.1. The van der Waals surface area contributed by atoms with Gasteiger partial charge in [0.05, 0.1) is 17.0 Å². The predicted molar refractivity (Wildman–Crippen MR) is 122 cm³/mol. The quantitative estimate of drug-likeness (QED) is 0.409. The highest BCUT2D eigenvalue weighted by molar-refractivity contribution is 6.10. The Morgan fingerprint density at radius 1 is 1.15 bits per heavy atom. The van der Waals surface area contributed by atoms with E-state index >= 15 is 0 Å². The summed E-state index contributed by atoms with van der Waals surface area (Å²) in [5.41, 5.74) is 1.42. The first kappa shape index (κ1) is 20.6. The number of hydrogen-bond donors (Lipinski definition) is 0. The maximum absolute atomic E-state index is 13.9. The Kier molecular flexibility index (Phi) is 5.01. The molecule has 1 amide bonds. The van der Waals surface area contributed by atoms with Crippen molar-refractivity contribution in [3.8, 4) is 5.75 Å². The first-order valence-corrected chi connectivity index (χ1v) is 10.3. The van der Waals surface area contributed by atoms with Gasteiger partial charge in [-0.3, -0.25) is 14.5 Å². The Balaban J connectivity index is 1.73. The summed E-state index contributed by atoms with van der Waals surface area (Å²) in [6.07, 6.45) is 3.24. The summed E-state index contributed by atoms with van der Waals surface area (Å²) >= 11 is 0. The van der Waals surface area contributed by atoms with E-state index in [9.17, 15) is 14.0 Å². The zero-order chi connectivity index (χ0) is 23.1. The van der Waals surface area contributed by atoms with Gasteiger partial charge in [0.2, 0.25) is 5.76 Å². The van der Waals surface area contributed by atoms with Crippen molar-refractivity contribution in [3.63, 3.8) is 0 Å². The fourth-order valence-electron chi connectivity index (χ4n) is 4.05. The summed E-state index contributed by atoms with van der Waals surface area (Å²) in [4.78, 5) is 32.8. The Hall–Kier alpha value is -4.26. The van der Waals surface area contributed by atoms with Crippen LogP contribution in [0.1, 0.15) is 33.3 Å². The number of rotatable bonds is 5. The van der Waals surface area contributed by atoms with Crippen LogP contribution in [0, 0.1) is 12.7 Å². The van der Waals surface area contributed by atoms with Gasteiger partial charge < -0.3 is 9.15 Å². The van der Waals surface area contributed by atoms with Crippen LogP contribution in [-0.2, 0) is 0 Å². The third-order valence-electron chi connectivity index (χ3n) is 5.54. The summed E-state index contributed by atoms with van der Waals surface area (Å²) in [5.74, 6) is -0.103. The van der Waals surface area contributed by atoms with E-state index in [0.29, 0.717) is 23.7 Å². The molecule has 6 nitrogen and oxygen atoms in total. The maximum Gasteiger partial charge on any atom is 0.296 e. The molecule has 0 saturated heterocycles.